The molecule has 0 radical (unpaired) electrons. The summed E-state index contributed by atoms with van der Waals surface area (Å²) in [5, 5.41) is 0. The summed E-state index contributed by atoms with van der Waals surface area (Å²) in [7, 11) is -0.631. The van der Waals surface area contributed by atoms with Crippen LogP contribution in [0, 0.1) is 5.41 Å². The molecule has 19 heavy (non-hydrogen) atoms. The zero-order chi connectivity index (χ0) is 14.7. The minimum atomic E-state index is -3.48. The van der Waals surface area contributed by atoms with E-state index in [4.69, 9.17) is 0 Å². The van der Waals surface area contributed by atoms with Crippen molar-refractivity contribution in [1.29, 1.82) is 0 Å². The number of ether oxygens (including phenoxy) is 1. The van der Waals surface area contributed by atoms with Gasteiger partial charge >= 0.3 is 5.97 Å². The summed E-state index contributed by atoms with van der Waals surface area (Å²) in [5.74, 6) is -1.40. The molecule has 1 aliphatic carbocycles. The van der Waals surface area contributed by atoms with E-state index in [2.05, 4.69) is 4.74 Å². The number of rotatable bonds is 7. The first-order valence-electron chi connectivity index (χ1n) is 6.25. The fraction of sp³-hybridized carbons (Fsp3) is 0.833. The SMILES string of the molecule is CCN(C)C(=O)CS(=O)(=O)CC1(CC(=O)OC)CC1. The molecule has 0 atom stereocenters. The van der Waals surface area contributed by atoms with Gasteiger partial charge in [-0.1, -0.05) is 0 Å². The molecule has 0 N–H and O–H groups in total. The van der Waals surface area contributed by atoms with Gasteiger partial charge < -0.3 is 9.64 Å². The number of nitrogens with zero attached hydrogens (tertiary/aromatic N) is 1. The van der Waals surface area contributed by atoms with Crippen molar-refractivity contribution >= 4 is 21.7 Å². The third-order valence-corrected chi connectivity index (χ3v) is 5.21. The lowest BCUT2D eigenvalue weighted by Gasteiger charge is -2.17. The Balaban J connectivity index is 2.60. The molecular formula is C12H21NO5S. The molecule has 0 bridgehead atoms. The lowest BCUT2D eigenvalue weighted by Crippen LogP contribution is -2.34. The number of sulfone groups is 1. The molecule has 1 rings (SSSR count). The first-order chi connectivity index (χ1) is 8.73. The Kier molecular flexibility index (Phi) is 4.95. The van der Waals surface area contributed by atoms with Crippen molar-refractivity contribution in [3.8, 4) is 0 Å². The van der Waals surface area contributed by atoms with Crippen LogP contribution in [0.15, 0.2) is 0 Å². The monoisotopic (exact) mass is 291 g/mol. The van der Waals surface area contributed by atoms with Crippen molar-refractivity contribution < 1.29 is 22.7 Å². The zero-order valence-electron chi connectivity index (χ0n) is 11.6. The van der Waals surface area contributed by atoms with Gasteiger partial charge in [0.25, 0.3) is 0 Å². The third kappa shape index (κ3) is 4.81. The average molecular weight is 291 g/mol. The minimum absolute atomic E-state index is 0.112. The molecule has 1 saturated carbocycles. The molecule has 6 nitrogen and oxygen atoms in total. The standard InChI is InChI=1S/C12H21NO5S/c1-4-13(2)10(14)8-19(16,17)9-12(5-6-12)7-11(15)18-3/h4-9H2,1-3H3. The van der Waals surface area contributed by atoms with E-state index in [1.807, 2.05) is 0 Å². The van der Waals surface area contributed by atoms with Crippen LogP contribution >= 0.6 is 0 Å². The van der Waals surface area contributed by atoms with Crippen LogP contribution in [0.3, 0.4) is 0 Å². The highest BCUT2D eigenvalue weighted by atomic mass is 32.2. The van der Waals surface area contributed by atoms with Crippen molar-refractivity contribution in [1.82, 2.24) is 4.90 Å². The molecule has 110 valence electrons. The third-order valence-electron chi connectivity index (χ3n) is 3.47. The van der Waals surface area contributed by atoms with Crippen molar-refractivity contribution in [2.24, 2.45) is 5.41 Å². The second-order valence-electron chi connectivity index (χ2n) is 5.19. The Hall–Kier alpha value is -1.11. The molecule has 1 aliphatic rings. The lowest BCUT2D eigenvalue weighted by atomic mass is 10.1. The summed E-state index contributed by atoms with van der Waals surface area (Å²) in [6.07, 6.45) is 1.50. The van der Waals surface area contributed by atoms with E-state index < -0.39 is 32.9 Å². The van der Waals surface area contributed by atoms with Crippen LogP contribution in [0.1, 0.15) is 26.2 Å². The maximum Gasteiger partial charge on any atom is 0.306 e. The summed E-state index contributed by atoms with van der Waals surface area (Å²) in [6, 6.07) is 0. The summed E-state index contributed by atoms with van der Waals surface area (Å²) in [5.41, 5.74) is -0.503. The highest BCUT2D eigenvalue weighted by molar-refractivity contribution is 7.92. The van der Waals surface area contributed by atoms with Gasteiger partial charge in [-0.2, -0.15) is 0 Å². The Morgan fingerprint density at radius 2 is 1.89 bits per heavy atom. The maximum atomic E-state index is 12.0. The van der Waals surface area contributed by atoms with Crippen LogP contribution < -0.4 is 0 Å². The van der Waals surface area contributed by atoms with E-state index in [-0.39, 0.29) is 12.2 Å². The van der Waals surface area contributed by atoms with E-state index in [9.17, 15) is 18.0 Å². The molecule has 0 aromatic heterocycles. The second kappa shape index (κ2) is 5.90. The summed E-state index contributed by atoms with van der Waals surface area (Å²) in [6.45, 7) is 2.26. The smallest absolute Gasteiger partial charge is 0.306 e. The number of carbonyl (C=O) groups excluding carboxylic acids is 2. The first-order valence-corrected chi connectivity index (χ1v) is 8.07. The van der Waals surface area contributed by atoms with E-state index >= 15 is 0 Å². The van der Waals surface area contributed by atoms with E-state index in [1.165, 1.54) is 12.0 Å². The maximum absolute atomic E-state index is 12.0. The van der Waals surface area contributed by atoms with Crippen LogP contribution in [-0.2, 0) is 24.2 Å². The number of methoxy groups -OCH3 is 1. The molecule has 1 amide bonds. The number of hydrogen-bond donors (Lipinski definition) is 0. The number of hydrogen-bond acceptors (Lipinski definition) is 5. The predicted octanol–water partition coefficient (Wildman–Crippen LogP) is 0.223. The molecule has 0 unspecified atom stereocenters. The van der Waals surface area contributed by atoms with Crippen LogP contribution in [-0.4, -0.2) is 57.4 Å². The van der Waals surface area contributed by atoms with E-state index in [0.29, 0.717) is 19.4 Å². The molecule has 7 heteroatoms. The van der Waals surface area contributed by atoms with Crippen LogP contribution in [0.25, 0.3) is 0 Å². The van der Waals surface area contributed by atoms with Gasteiger partial charge in [-0.3, -0.25) is 9.59 Å². The molecule has 0 aliphatic heterocycles. The molecule has 0 aromatic carbocycles. The fourth-order valence-electron chi connectivity index (χ4n) is 1.92. The molecule has 0 saturated heterocycles. The minimum Gasteiger partial charge on any atom is -0.469 e. The zero-order valence-corrected chi connectivity index (χ0v) is 12.5. The number of carbonyl (C=O) groups is 2. The summed E-state index contributed by atoms with van der Waals surface area (Å²) < 4.78 is 28.5. The quantitative estimate of drug-likeness (QED) is 0.627. The number of amides is 1. The lowest BCUT2D eigenvalue weighted by molar-refractivity contribution is -0.141. The molecule has 0 heterocycles. The van der Waals surface area contributed by atoms with Gasteiger partial charge in [0.2, 0.25) is 5.91 Å². The molecule has 0 spiro atoms. The Morgan fingerprint density at radius 3 is 2.32 bits per heavy atom. The highest BCUT2D eigenvalue weighted by Gasteiger charge is 2.48. The Labute approximate surface area is 114 Å². The molecule has 1 fully saturated rings. The van der Waals surface area contributed by atoms with Crippen molar-refractivity contribution in [2.45, 2.75) is 26.2 Å². The molecule has 0 aromatic rings. The fourth-order valence-corrected chi connectivity index (χ4v) is 3.94. The van der Waals surface area contributed by atoms with Gasteiger partial charge in [0, 0.05) is 13.6 Å². The Bertz CT molecular complexity index is 453. The molecular weight excluding hydrogens is 270 g/mol. The summed E-state index contributed by atoms with van der Waals surface area (Å²) in [4.78, 5) is 24.2. The van der Waals surface area contributed by atoms with E-state index in [1.54, 1.807) is 14.0 Å². The van der Waals surface area contributed by atoms with Gasteiger partial charge in [0.15, 0.2) is 9.84 Å². The average Bonchev–Trinajstić information content (AvgIpc) is 3.05. The highest BCUT2D eigenvalue weighted by Crippen LogP contribution is 2.50. The topological polar surface area (TPSA) is 80.8 Å². The normalized spacial score (nSPS) is 16.8. The van der Waals surface area contributed by atoms with Crippen LogP contribution in [0.5, 0.6) is 0 Å². The second-order valence-corrected chi connectivity index (χ2v) is 7.26. The van der Waals surface area contributed by atoms with E-state index in [0.717, 1.165) is 0 Å². The van der Waals surface area contributed by atoms with Crippen molar-refractivity contribution in [3.05, 3.63) is 0 Å². The largest absolute Gasteiger partial charge is 0.469 e. The van der Waals surface area contributed by atoms with Gasteiger partial charge in [-0.05, 0) is 25.2 Å². The Morgan fingerprint density at radius 1 is 1.32 bits per heavy atom. The van der Waals surface area contributed by atoms with Gasteiger partial charge in [0.05, 0.1) is 19.3 Å². The van der Waals surface area contributed by atoms with Crippen LogP contribution in [0.4, 0.5) is 0 Å². The van der Waals surface area contributed by atoms with Gasteiger partial charge in [0.1, 0.15) is 5.75 Å². The van der Waals surface area contributed by atoms with Crippen LogP contribution in [0.2, 0.25) is 0 Å². The first kappa shape index (κ1) is 15.9. The van der Waals surface area contributed by atoms with Gasteiger partial charge in [-0.15, -0.1) is 0 Å². The van der Waals surface area contributed by atoms with Crippen molar-refractivity contribution in [2.75, 3.05) is 32.2 Å². The predicted molar refractivity (Wildman–Crippen MR) is 70.3 cm³/mol. The summed E-state index contributed by atoms with van der Waals surface area (Å²) >= 11 is 0. The van der Waals surface area contributed by atoms with Gasteiger partial charge in [-0.25, -0.2) is 8.42 Å². The van der Waals surface area contributed by atoms with Crippen molar-refractivity contribution in [3.63, 3.8) is 0 Å². The number of esters is 1.